The van der Waals surface area contributed by atoms with Crippen LogP contribution in [-0.2, 0) is 0 Å². The number of unbranched alkanes of at least 4 members (excludes halogenated alkanes) is 3. The Balaban J connectivity index is 2.31. The van der Waals surface area contributed by atoms with Crippen molar-refractivity contribution in [1.29, 1.82) is 0 Å². The standard InChI is InChI=1S/C22H33N3O3/c1-6-7-8-9-10-19(25(21(26)27)22(2,3)4)20-23-15-18(24-20)16-11-13-17(28-5)14-12-16/h11-15,19H,6-10H2,1-5H3,(H,23,24)(H,26,27)/t19-/m1/s1. The number of amides is 1. The quantitative estimate of drug-likeness (QED) is 0.527. The molecule has 6 heteroatoms. The van der Waals surface area contributed by atoms with Gasteiger partial charge in [-0.1, -0.05) is 32.6 Å². The normalized spacial score (nSPS) is 12.6. The lowest BCUT2D eigenvalue weighted by molar-refractivity contribution is 0.0630. The Morgan fingerprint density at radius 1 is 1.21 bits per heavy atom. The molecule has 1 atom stereocenters. The van der Waals surface area contributed by atoms with E-state index < -0.39 is 11.6 Å². The number of aromatic nitrogens is 2. The topological polar surface area (TPSA) is 78.5 Å². The summed E-state index contributed by atoms with van der Waals surface area (Å²) in [5, 5.41) is 9.90. The molecule has 6 nitrogen and oxygen atoms in total. The van der Waals surface area contributed by atoms with Crippen LogP contribution in [0.1, 0.15) is 71.7 Å². The average molecular weight is 388 g/mol. The fraction of sp³-hybridized carbons (Fsp3) is 0.545. The van der Waals surface area contributed by atoms with Gasteiger partial charge in [0.15, 0.2) is 0 Å². The van der Waals surface area contributed by atoms with Gasteiger partial charge in [-0.05, 0) is 57.0 Å². The third-order valence-electron chi connectivity index (χ3n) is 4.88. The maximum absolute atomic E-state index is 12.1. The van der Waals surface area contributed by atoms with Gasteiger partial charge in [-0.3, -0.25) is 4.90 Å². The first-order valence-electron chi connectivity index (χ1n) is 9.99. The minimum atomic E-state index is -0.921. The molecule has 28 heavy (non-hydrogen) atoms. The SMILES string of the molecule is CCCCCC[C@H](c1ncc(-c2ccc(OC)cc2)[nH]1)N(C(=O)O)C(C)(C)C. The Hall–Kier alpha value is -2.50. The number of imidazole rings is 1. The molecule has 0 fully saturated rings. The van der Waals surface area contributed by atoms with Gasteiger partial charge >= 0.3 is 6.09 Å². The lowest BCUT2D eigenvalue weighted by Crippen LogP contribution is -2.47. The molecule has 0 saturated heterocycles. The second kappa shape index (κ2) is 9.62. The van der Waals surface area contributed by atoms with E-state index in [2.05, 4.69) is 16.9 Å². The fourth-order valence-electron chi connectivity index (χ4n) is 3.46. The number of hydrogen-bond donors (Lipinski definition) is 2. The molecule has 0 aliphatic rings. The molecule has 2 N–H and O–H groups in total. The predicted molar refractivity (Wildman–Crippen MR) is 112 cm³/mol. The summed E-state index contributed by atoms with van der Waals surface area (Å²) in [4.78, 5) is 21.5. The van der Waals surface area contributed by atoms with Crippen molar-refractivity contribution in [2.45, 2.75) is 71.4 Å². The third-order valence-corrected chi connectivity index (χ3v) is 4.88. The van der Waals surface area contributed by atoms with Crippen molar-refractivity contribution in [3.63, 3.8) is 0 Å². The minimum absolute atomic E-state index is 0.304. The molecular weight excluding hydrogens is 354 g/mol. The van der Waals surface area contributed by atoms with E-state index in [1.165, 1.54) is 4.90 Å². The van der Waals surface area contributed by atoms with Gasteiger partial charge in [0.1, 0.15) is 11.6 Å². The lowest BCUT2D eigenvalue weighted by atomic mass is 9.99. The van der Waals surface area contributed by atoms with E-state index >= 15 is 0 Å². The summed E-state index contributed by atoms with van der Waals surface area (Å²) < 4.78 is 5.21. The zero-order chi connectivity index (χ0) is 20.7. The van der Waals surface area contributed by atoms with Crippen molar-refractivity contribution in [2.24, 2.45) is 0 Å². The van der Waals surface area contributed by atoms with Crippen molar-refractivity contribution in [2.75, 3.05) is 7.11 Å². The molecule has 0 saturated carbocycles. The van der Waals surface area contributed by atoms with E-state index in [0.717, 1.165) is 49.1 Å². The van der Waals surface area contributed by atoms with Gasteiger partial charge in [0.25, 0.3) is 0 Å². The van der Waals surface area contributed by atoms with Crippen LogP contribution in [0.25, 0.3) is 11.3 Å². The summed E-state index contributed by atoms with van der Waals surface area (Å²) >= 11 is 0. The molecule has 1 aromatic carbocycles. The van der Waals surface area contributed by atoms with Crippen molar-refractivity contribution in [3.05, 3.63) is 36.3 Å². The molecular formula is C22H33N3O3. The molecule has 0 aliphatic heterocycles. The molecule has 2 aromatic rings. The Labute approximate surface area is 167 Å². The smallest absolute Gasteiger partial charge is 0.408 e. The second-order valence-electron chi connectivity index (χ2n) is 8.10. The van der Waals surface area contributed by atoms with Crippen molar-refractivity contribution < 1.29 is 14.6 Å². The van der Waals surface area contributed by atoms with Crippen LogP contribution in [0.3, 0.4) is 0 Å². The fourth-order valence-corrected chi connectivity index (χ4v) is 3.46. The number of benzene rings is 1. The van der Waals surface area contributed by atoms with E-state index in [1.807, 2.05) is 45.0 Å². The molecule has 0 unspecified atom stereocenters. The van der Waals surface area contributed by atoms with Crippen molar-refractivity contribution in [1.82, 2.24) is 14.9 Å². The third kappa shape index (κ3) is 5.50. The predicted octanol–water partition coefficient (Wildman–Crippen LogP) is 5.88. The molecule has 1 aromatic heterocycles. The van der Waals surface area contributed by atoms with Crippen LogP contribution in [0, 0.1) is 0 Å². The molecule has 2 rings (SSSR count). The van der Waals surface area contributed by atoms with Crippen molar-refractivity contribution >= 4 is 6.09 Å². The molecule has 0 spiro atoms. The van der Waals surface area contributed by atoms with Gasteiger partial charge in [0, 0.05) is 5.54 Å². The molecule has 0 bridgehead atoms. The summed E-state index contributed by atoms with van der Waals surface area (Å²) in [6, 6.07) is 7.42. The van der Waals surface area contributed by atoms with Gasteiger partial charge in [0.2, 0.25) is 0 Å². The van der Waals surface area contributed by atoms with Gasteiger partial charge in [-0.2, -0.15) is 0 Å². The first-order valence-corrected chi connectivity index (χ1v) is 9.99. The van der Waals surface area contributed by atoms with Crippen LogP contribution in [-0.4, -0.2) is 38.7 Å². The largest absolute Gasteiger partial charge is 0.497 e. The highest BCUT2D eigenvalue weighted by molar-refractivity contribution is 5.67. The van der Waals surface area contributed by atoms with Gasteiger partial charge < -0.3 is 14.8 Å². The number of carboxylic acid groups (broad SMARTS) is 1. The van der Waals surface area contributed by atoms with Crippen LogP contribution in [0.15, 0.2) is 30.5 Å². The second-order valence-corrected chi connectivity index (χ2v) is 8.10. The number of H-pyrrole nitrogens is 1. The summed E-state index contributed by atoms with van der Waals surface area (Å²) in [5.74, 6) is 1.49. The Morgan fingerprint density at radius 3 is 2.43 bits per heavy atom. The number of rotatable bonds is 9. The van der Waals surface area contributed by atoms with E-state index in [9.17, 15) is 9.90 Å². The maximum Gasteiger partial charge on any atom is 0.408 e. The Kier molecular flexibility index (Phi) is 7.49. The number of aromatic amines is 1. The van der Waals surface area contributed by atoms with Gasteiger partial charge in [-0.15, -0.1) is 0 Å². The molecule has 0 aliphatic carbocycles. The van der Waals surface area contributed by atoms with Crippen molar-refractivity contribution in [3.8, 4) is 17.0 Å². The van der Waals surface area contributed by atoms with E-state index in [4.69, 9.17) is 4.74 Å². The number of nitrogens with one attached hydrogen (secondary N) is 1. The zero-order valence-corrected chi connectivity index (χ0v) is 17.7. The highest BCUT2D eigenvalue weighted by Crippen LogP contribution is 2.32. The maximum atomic E-state index is 12.1. The average Bonchev–Trinajstić information content (AvgIpc) is 3.12. The number of nitrogens with zero attached hydrogens (tertiary/aromatic N) is 2. The monoisotopic (exact) mass is 387 g/mol. The first kappa shape index (κ1) is 21.8. The van der Waals surface area contributed by atoms with Crippen LogP contribution < -0.4 is 4.74 Å². The van der Waals surface area contributed by atoms with Crippen LogP contribution in [0.5, 0.6) is 5.75 Å². The van der Waals surface area contributed by atoms with Gasteiger partial charge in [0.05, 0.1) is 25.0 Å². The summed E-state index contributed by atoms with van der Waals surface area (Å²) in [6.45, 7) is 7.94. The highest BCUT2D eigenvalue weighted by atomic mass is 16.5. The Bertz CT molecular complexity index is 747. The number of methoxy groups -OCH3 is 1. The lowest BCUT2D eigenvalue weighted by Gasteiger charge is -2.39. The van der Waals surface area contributed by atoms with E-state index in [0.29, 0.717) is 5.82 Å². The highest BCUT2D eigenvalue weighted by Gasteiger charge is 2.35. The number of carbonyl (C=O) groups is 1. The molecule has 1 heterocycles. The molecule has 1 amide bonds. The van der Waals surface area contributed by atoms with Crippen LogP contribution in [0.2, 0.25) is 0 Å². The number of hydrogen-bond acceptors (Lipinski definition) is 3. The summed E-state index contributed by atoms with van der Waals surface area (Å²) in [7, 11) is 1.64. The molecule has 154 valence electrons. The van der Waals surface area contributed by atoms with E-state index in [-0.39, 0.29) is 6.04 Å². The summed E-state index contributed by atoms with van der Waals surface area (Å²) in [5.41, 5.74) is 1.34. The van der Waals surface area contributed by atoms with Crippen LogP contribution >= 0.6 is 0 Å². The summed E-state index contributed by atoms with van der Waals surface area (Å²) in [6.07, 6.45) is 5.97. The van der Waals surface area contributed by atoms with Crippen LogP contribution in [0.4, 0.5) is 4.79 Å². The Morgan fingerprint density at radius 2 is 1.89 bits per heavy atom. The molecule has 0 radical (unpaired) electrons. The number of ether oxygens (including phenoxy) is 1. The first-order chi connectivity index (χ1) is 13.3. The van der Waals surface area contributed by atoms with E-state index in [1.54, 1.807) is 13.3 Å². The van der Waals surface area contributed by atoms with Gasteiger partial charge in [-0.25, -0.2) is 9.78 Å². The zero-order valence-electron chi connectivity index (χ0n) is 17.7. The minimum Gasteiger partial charge on any atom is -0.497 e.